The molecule has 5 nitrogen and oxygen atoms in total. The summed E-state index contributed by atoms with van der Waals surface area (Å²) in [5, 5.41) is 11.5. The van der Waals surface area contributed by atoms with Crippen molar-refractivity contribution < 1.29 is 0 Å². The smallest absolute Gasteiger partial charge is 0.0967 e. The van der Waals surface area contributed by atoms with Gasteiger partial charge in [0.2, 0.25) is 0 Å². The van der Waals surface area contributed by atoms with E-state index in [-0.39, 0.29) is 0 Å². The lowest BCUT2D eigenvalue weighted by atomic mass is 10.3. The molecule has 0 amide bonds. The van der Waals surface area contributed by atoms with Crippen LogP contribution in [0.3, 0.4) is 0 Å². The quantitative estimate of drug-likeness (QED) is 0.744. The highest BCUT2D eigenvalue weighted by Gasteiger charge is 2.14. The molecule has 1 fully saturated rings. The minimum atomic E-state index is 0.573. The molecule has 2 heterocycles. The van der Waals surface area contributed by atoms with Crippen molar-refractivity contribution in [3.05, 3.63) is 11.9 Å². The predicted molar refractivity (Wildman–Crippen MR) is 58.4 cm³/mol. The van der Waals surface area contributed by atoms with Crippen LogP contribution in [0.15, 0.2) is 6.20 Å². The Kier molecular flexibility index (Phi) is 3.33. The van der Waals surface area contributed by atoms with Crippen LogP contribution >= 0.6 is 0 Å². The molecule has 2 rings (SSSR count). The minimum absolute atomic E-state index is 0.573. The maximum Gasteiger partial charge on any atom is 0.0967 e. The van der Waals surface area contributed by atoms with E-state index >= 15 is 0 Å². The Bertz CT molecular complexity index is 309. The van der Waals surface area contributed by atoms with Gasteiger partial charge in [0.1, 0.15) is 0 Å². The van der Waals surface area contributed by atoms with E-state index in [4.69, 9.17) is 0 Å². The van der Waals surface area contributed by atoms with Crippen LogP contribution in [0.5, 0.6) is 0 Å². The van der Waals surface area contributed by atoms with E-state index in [9.17, 15) is 0 Å². The number of hydrogen-bond donors (Lipinski definition) is 1. The molecule has 1 aromatic heterocycles. The first kappa shape index (κ1) is 10.6. The van der Waals surface area contributed by atoms with Gasteiger partial charge in [-0.25, -0.2) is 0 Å². The molecule has 0 saturated carbocycles. The zero-order valence-corrected chi connectivity index (χ0v) is 9.48. The minimum Gasteiger partial charge on any atom is -0.313 e. The highest BCUT2D eigenvalue weighted by Crippen LogP contribution is 2.05. The molecule has 1 unspecified atom stereocenters. The lowest BCUT2D eigenvalue weighted by Crippen LogP contribution is -2.35. The van der Waals surface area contributed by atoms with Crippen LogP contribution in [0, 0.1) is 0 Å². The van der Waals surface area contributed by atoms with Crippen molar-refractivity contribution in [1.82, 2.24) is 25.2 Å². The molecular formula is C10H19N5. The van der Waals surface area contributed by atoms with E-state index < -0.39 is 0 Å². The Morgan fingerprint density at radius 2 is 2.47 bits per heavy atom. The Morgan fingerprint density at radius 1 is 1.60 bits per heavy atom. The number of hydrogen-bond acceptors (Lipinski definition) is 4. The third-order valence-electron chi connectivity index (χ3n) is 2.71. The average Bonchev–Trinajstić information content (AvgIpc) is 2.46. The lowest BCUT2D eigenvalue weighted by Gasteiger charge is -2.20. The van der Waals surface area contributed by atoms with Gasteiger partial charge in [0.25, 0.3) is 0 Å². The fourth-order valence-corrected chi connectivity index (χ4v) is 2.03. The third-order valence-corrected chi connectivity index (χ3v) is 2.71. The van der Waals surface area contributed by atoms with E-state index in [1.165, 1.54) is 6.42 Å². The summed E-state index contributed by atoms with van der Waals surface area (Å²) in [7, 11) is 1.91. The highest BCUT2D eigenvalue weighted by molar-refractivity contribution is 4.92. The number of nitrogens with one attached hydrogen (secondary N) is 1. The molecular weight excluding hydrogens is 190 g/mol. The zero-order valence-electron chi connectivity index (χ0n) is 9.48. The molecule has 15 heavy (non-hydrogen) atoms. The second-order valence-electron chi connectivity index (χ2n) is 4.33. The molecule has 1 atom stereocenters. The van der Waals surface area contributed by atoms with Crippen molar-refractivity contribution in [1.29, 1.82) is 0 Å². The maximum atomic E-state index is 4.12. The van der Waals surface area contributed by atoms with Crippen LogP contribution in [-0.4, -0.2) is 45.6 Å². The van der Waals surface area contributed by atoms with Crippen LogP contribution < -0.4 is 5.32 Å². The number of aryl methyl sites for hydroxylation is 1. The molecule has 0 spiro atoms. The van der Waals surface area contributed by atoms with Gasteiger partial charge in [0.05, 0.1) is 5.69 Å². The average molecular weight is 209 g/mol. The normalized spacial score (nSPS) is 24.0. The number of nitrogens with zero attached hydrogens (tertiary/aromatic N) is 4. The van der Waals surface area contributed by atoms with Crippen LogP contribution in [0.1, 0.15) is 19.0 Å². The van der Waals surface area contributed by atoms with Crippen LogP contribution in [-0.2, 0) is 13.6 Å². The van der Waals surface area contributed by atoms with Gasteiger partial charge in [-0.3, -0.25) is 9.58 Å². The van der Waals surface area contributed by atoms with E-state index in [0.717, 1.165) is 31.9 Å². The molecule has 84 valence electrons. The molecule has 0 bridgehead atoms. The van der Waals surface area contributed by atoms with Crippen molar-refractivity contribution in [3.63, 3.8) is 0 Å². The lowest BCUT2D eigenvalue weighted by molar-refractivity contribution is 0.261. The summed E-state index contributed by atoms with van der Waals surface area (Å²) < 4.78 is 1.76. The molecule has 1 saturated heterocycles. The summed E-state index contributed by atoms with van der Waals surface area (Å²) in [5.41, 5.74) is 1.06. The first-order chi connectivity index (χ1) is 7.24. The van der Waals surface area contributed by atoms with E-state index in [1.54, 1.807) is 4.68 Å². The van der Waals surface area contributed by atoms with Gasteiger partial charge < -0.3 is 5.32 Å². The van der Waals surface area contributed by atoms with Crippen molar-refractivity contribution >= 4 is 0 Å². The van der Waals surface area contributed by atoms with Gasteiger partial charge in [0, 0.05) is 32.4 Å². The highest BCUT2D eigenvalue weighted by atomic mass is 15.4. The molecule has 0 radical (unpaired) electrons. The molecule has 1 N–H and O–H groups in total. The van der Waals surface area contributed by atoms with Gasteiger partial charge >= 0.3 is 0 Å². The number of aromatic nitrogens is 3. The fraction of sp³-hybridized carbons (Fsp3) is 0.800. The predicted octanol–water partition coefficient (Wildman–Crippen LogP) is -0.00110. The van der Waals surface area contributed by atoms with Crippen LogP contribution in [0.2, 0.25) is 0 Å². The second kappa shape index (κ2) is 4.72. The van der Waals surface area contributed by atoms with Gasteiger partial charge in [-0.05, 0) is 26.4 Å². The van der Waals surface area contributed by atoms with Gasteiger partial charge in [0.15, 0.2) is 0 Å². The van der Waals surface area contributed by atoms with Crippen molar-refractivity contribution in [2.24, 2.45) is 7.05 Å². The Balaban J connectivity index is 1.92. The molecule has 0 aromatic carbocycles. The Morgan fingerprint density at radius 3 is 3.20 bits per heavy atom. The monoisotopic (exact) mass is 209 g/mol. The summed E-state index contributed by atoms with van der Waals surface area (Å²) >= 11 is 0. The van der Waals surface area contributed by atoms with Crippen molar-refractivity contribution in [2.45, 2.75) is 25.9 Å². The molecule has 0 aliphatic carbocycles. The SMILES string of the molecule is CC1CN(Cc2cn(C)nn2)CCCN1. The summed E-state index contributed by atoms with van der Waals surface area (Å²) in [6.07, 6.45) is 3.20. The summed E-state index contributed by atoms with van der Waals surface area (Å²) in [6.45, 7) is 6.51. The maximum absolute atomic E-state index is 4.12. The van der Waals surface area contributed by atoms with E-state index in [2.05, 4.69) is 27.5 Å². The first-order valence-electron chi connectivity index (χ1n) is 5.55. The van der Waals surface area contributed by atoms with Gasteiger partial charge in [-0.1, -0.05) is 5.21 Å². The Hall–Kier alpha value is -0.940. The Labute approximate surface area is 90.5 Å². The first-order valence-corrected chi connectivity index (χ1v) is 5.55. The van der Waals surface area contributed by atoms with E-state index in [1.807, 2.05) is 13.2 Å². The summed E-state index contributed by atoms with van der Waals surface area (Å²) in [6, 6.07) is 0.573. The van der Waals surface area contributed by atoms with Crippen molar-refractivity contribution in [3.8, 4) is 0 Å². The summed E-state index contributed by atoms with van der Waals surface area (Å²) in [4.78, 5) is 2.44. The molecule has 1 aliphatic rings. The number of rotatable bonds is 2. The molecule has 1 aromatic rings. The molecule has 1 aliphatic heterocycles. The van der Waals surface area contributed by atoms with E-state index in [0.29, 0.717) is 6.04 Å². The standard InChI is InChI=1S/C10H19N5/c1-9-6-15(5-3-4-11-9)8-10-7-14(2)13-12-10/h7,9,11H,3-6,8H2,1-2H3. The molecule has 5 heteroatoms. The van der Waals surface area contributed by atoms with Crippen molar-refractivity contribution in [2.75, 3.05) is 19.6 Å². The largest absolute Gasteiger partial charge is 0.313 e. The topological polar surface area (TPSA) is 46.0 Å². The van der Waals surface area contributed by atoms with Gasteiger partial charge in [-0.2, -0.15) is 0 Å². The third kappa shape index (κ3) is 3.00. The second-order valence-corrected chi connectivity index (χ2v) is 4.33. The zero-order chi connectivity index (χ0) is 10.7. The summed E-state index contributed by atoms with van der Waals surface area (Å²) in [5.74, 6) is 0. The fourth-order valence-electron chi connectivity index (χ4n) is 2.03. The van der Waals surface area contributed by atoms with Gasteiger partial charge in [-0.15, -0.1) is 5.10 Å². The van der Waals surface area contributed by atoms with Crippen LogP contribution in [0.4, 0.5) is 0 Å². The van der Waals surface area contributed by atoms with Crippen LogP contribution in [0.25, 0.3) is 0 Å².